The number of benzene rings is 2. The van der Waals surface area contributed by atoms with Gasteiger partial charge in [0.1, 0.15) is 6.04 Å². The van der Waals surface area contributed by atoms with E-state index in [4.69, 9.17) is 0 Å². The third-order valence-electron chi connectivity index (χ3n) is 4.51. The van der Waals surface area contributed by atoms with E-state index in [0.29, 0.717) is 0 Å². The molecule has 120 valence electrons. The Morgan fingerprint density at radius 3 is 1.96 bits per heavy atom. The first-order valence-corrected chi connectivity index (χ1v) is 8.07. The minimum atomic E-state index is -0.189. The van der Waals surface area contributed by atoms with Gasteiger partial charge in [0.2, 0.25) is 5.91 Å². The van der Waals surface area contributed by atoms with E-state index in [2.05, 4.69) is 49.9 Å². The number of carbonyl (C=O) groups excluding carboxylic acids is 1. The highest BCUT2D eigenvalue weighted by atomic mass is 16.2. The molecule has 23 heavy (non-hydrogen) atoms. The smallest absolute Gasteiger partial charge is 0.248 e. The van der Waals surface area contributed by atoms with Crippen molar-refractivity contribution >= 4 is 11.6 Å². The summed E-state index contributed by atoms with van der Waals surface area (Å²) in [6.45, 7) is 6.29. The summed E-state index contributed by atoms with van der Waals surface area (Å²) in [7, 11) is 2.01. The zero-order chi connectivity index (χ0) is 16.6. The third kappa shape index (κ3) is 2.72. The molecule has 0 N–H and O–H groups in total. The molecule has 3 heteroatoms. The molecule has 0 aromatic heterocycles. The van der Waals surface area contributed by atoms with E-state index in [1.54, 1.807) is 0 Å². The summed E-state index contributed by atoms with van der Waals surface area (Å²) in [4.78, 5) is 17.0. The zero-order valence-electron chi connectivity index (χ0n) is 14.2. The molecule has 0 bridgehead atoms. The minimum absolute atomic E-state index is 0.0777. The maximum atomic E-state index is 12.9. The fraction of sp³-hybridized carbons (Fsp3) is 0.350. The Kier molecular flexibility index (Phi) is 3.88. The first-order chi connectivity index (χ1) is 10.9. The van der Waals surface area contributed by atoms with Gasteiger partial charge in [-0.05, 0) is 38.5 Å². The Morgan fingerprint density at radius 2 is 1.43 bits per heavy atom. The topological polar surface area (TPSA) is 23.6 Å². The quantitative estimate of drug-likeness (QED) is 0.804. The Bertz CT molecular complexity index is 676. The number of β-lactam (4-membered cyclic amide) rings is 1. The van der Waals surface area contributed by atoms with Crippen molar-refractivity contribution in [1.29, 1.82) is 0 Å². The van der Waals surface area contributed by atoms with Gasteiger partial charge in [0.15, 0.2) is 0 Å². The number of anilines is 1. The van der Waals surface area contributed by atoms with Gasteiger partial charge in [-0.1, -0.05) is 48.5 Å². The lowest BCUT2D eigenvalue weighted by Crippen LogP contribution is -2.69. The van der Waals surface area contributed by atoms with E-state index in [9.17, 15) is 4.79 Å². The molecule has 2 aromatic carbocycles. The predicted molar refractivity (Wildman–Crippen MR) is 94.4 cm³/mol. The molecular formula is C20H24N2O. The maximum absolute atomic E-state index is 12.9. The highest BCUT2D eigenvalue weighted by Gasteiger charge is 2.54. The number of rotatable bonds is 3. The molecule has 0 spiro atoms. The summed E-state index contributed by atoms with van der Waals surface area (Å²) in [6.07, 6.45) is 0. The molecule has 1 saturated heterocycles. The fourth-order valence-corrected chi connectivity index (χ4v) is 3.40. The van der Waals surface area contributed by atoms with Crippen LogP contribution < -0.4 is 4.90 Å². The molecule has 3 rings (SSSR count). The lowest BCUT2D eigenvalue weighted by atomic mass is 9.82. The van der Waals surface area contributed by atoms with Gasteiger partial charge in [0.05, 0.1) is 6.04 Å². The van der Waals surface area contributed by atoms with Crippen LogP contribution in [0.3, 0.4) is 0 Å². The standard InChI is InChI=1S/C20H24N2O/c1-20(2,3)22-17(15-11-7-5-8-12-15)18(19(22)23)21(4)16-13-9-6-10-14-16/h5-14,17-18H,1-4H3/t17-,18+/m1/s1. The van der Waals surface area contributed by atoms with Crippen LogP contribution in [0.5, 0.6) is 0 Å². The summed E-state index contributed by atoms with van der Waals surface area (Å²) in [5.74, 6) is 0.192. The van der Waals surface area contributed by atoms with Gasteiger partial charge in [0, 0.05) is 18.3 Å². The Morgan fingerprint density at radius 1 is 0.913 bits per heavy atom. The lowest BCUT2D eigenvalue weighted by Gasteiger charge is -2.56. The van der Waals surface area contributed by atoms with Crippen LogP contribution in [0.15, 0.2) is 60.7 Å². The van der Waals surface area contributed by atoms with E-state index in [0.717, 1.165) is 5.69 Å². The second-order valence-corrected chi connectivity index (χ2v) is 7.13. The molecule has 3 nitrogen and oxygen atoms in total. The average Bonchev–Trinajstić information content (AvgIpc) is 2.52. The van der Waals surface area contributed by atoms with E-state index in [1.165, 1.54) is 5.56 Å². The average molecular weight is 308 g/mol. The van der Waals surface area contributed by atoms with Crippen molar-refractivity contribution in [3.63, 3.8) is 0 Å². The highest BCUT2D eigenvalue weighted by molar-refractivity contribution is 5.93. The first kappa shape index (κ1) is 15.6. The van der Waals surface area contributed by atoms with Crippen LogP contribution in [0.1, 0.15) is 32.4 Å². The number of hydrogen-bond donors (Lipinski definition) is 0. The molecule has 1 aliphatic rings. The second kappa shape index (κ2) is 5.73. The van der Waals surface area contributed by atoms with Crippen molar-refractivity contribution in [2.24, 2.45) is 0 Å². The number of likely N-dealkylation sites (N-methyl/N-ethyl adjacent to an activating group) is 1. The first-order valence-electron chi connectivity index (χ1n) is 8.07. The largest absolute Gasteiger partial charge is 0.361 e. The van der Waals surface area contributed by atoms with Crippen molar-refractivity contribution in [3.05, 3.63) is 66.2 Å². The number of hydrogen-bond acceptors (Lipinski definition) is 2. The molecule has 0 unspecified atom stereocenters. The monoisotopic (exact) mass is 308 g/mol. The third-order valence-corrected chi connectivity index (χ3v) is 4.51. The minimum Gasteiger partial charge on any atom is -0.361 e. The molecular weight excluding hydrogens is 284 g/mol. The lowest BCUT2D eigenvalue weighted by molar-refractivity contribution is -0.158. The van der Waals surface area contributed by atoms with Gasteiger partial charge >= 0.3 is 0 Å². The summed E-state index contributed by atoms with van der Waals surface area (Å²) < 4.78 is 0. The normalized spacial score (nSPS) is 21.0. The van der Waals surface area contributed by atoms with E-state index in [-0.39, 0.29) is 23.5 Å². The zero-order valence-corrected chi connectivity index (χ0v) is 14.2. The summed E-state index contributed by atoms with van der Waals surface area (Å²) in [6, 6.07) is 20.4. The van der Waals surface area contributed by atoms with E-state index in [1.807, 2.05) is 48.3 Å². The van der Waals surface area contributed by atoms with Gasteiger partial charge in [0.25, 0.3) is 0 Å². The number of carbonyl (C=O) groups is 1. The van der Waals surface area contributed by atoms with Crippen LogP contribution in [-0.2, 0) is 4.79 Å². The summed E-state index contributed by atoms with van der Waals surface area (Å²) in [5, 5.41) is 0. The molecule has 2 aromatic rings. The van der Waals surface area contributed by atoms with Crippen LogP contribution in [0.25, 0.3) is 0 Å². The van der Waals surface area contributed by atoms with Gasteiger partial charge in [-0.2, -0.15) is 0 Å². The molecule has 2 atom stereocenters. The molecule has 1 aliphatic heterocycles. The molecule has 0 saturated carbocycles. The van der Waals surface area contributed by atoms with Crippen LogP contribution in [-0.4, -0.2) is 29.4 Å². The van der Waals surface area contributed by atoms with E-state index >= 15 is 0 Å². The van der Waals surface area contributed by atoms with Crippen molar-refractivity contribution in [3.8, 4) is 0 Å². The number of amides is 1. The Balaban J connectivity index is 1.97. The van der Waals surface area contributed by atoms with Crippen LogP contribution in [0.4, 0.5) is 5.69 Å². The molecule has 1 amide bonds. The number of nitrogens with zero attached hydrogens (tertiary/aromatic N) is 2. The van der Waals surface area contributed by atoms with Gasteiger partial charge < -0.3 is 9.80 Å². The molecule has 0 radical (unpaired) electrons. The van der Waals surface area contributed by atoms with Gasteiger partial charge in [-0.25, -0.2) is 0 Å². The predicted octanol–water partition coefficient (Wildman–Crippen LogP) is 3.87. The van der Waals surface area contributed by atoms with Crippen LogP contribution in [0, 0.1) is 0 Å². The highest BCUT2D eigenvalue weighted by Crippen LogP contribution is 2.43. The molecule has 0 aliphatic carbocycles. The number of para-hydroxylation sites is 1. The Hall–Kier alpha value is -2.29. The van der Waals surface area contributed by atoms with Crippen molar-refractivity contribution in [2.45, 2.75) is 38.4 Å². The van der Waals surface area contributed by atoms with Crippen molar-refractivity contribution < 1.29 is 4.79 Å². The Labute approximate surface area is 138 Å². The van der Waals surface area contributed by atoms with Crippen molar-refractivity contribution in [1.82, 2.24) is 4.90 Å². The summed E-state index contributed by atoms with van der Waals surface area (Å²) in [5.41, 5.74) is 2.07. The second-order valence-electron chi connectivity index (χ2n) is 7.13. The molecule has 1 heterocycles. The fourth-order valence-electron chi connectivity index (χ4n) is 3.40. The van der Waals surface area contributed by atoms with E-state index < -0.39 is 0 Å². The van der Waals surface area contributed by atoms with Crippen LogP contribution >= 0.6 is 0 Å². The van der Waals surface area contributed by atoms with Crippen LogP contribution in [0.2, 0.25) is 0 Å². The number of likely N-dealkylation sites (tertiary alicyclic amines) is 1. The van der Waals surface area contributed by atoms with Gasteiger partial charge in [-0.15, -0.1) is 0 Å². The molecule has 1 fully saturated rings. The summed E-state index contributed by atoms with van der Waals surface area (Å²) >= 11 is 0. The van der Waals surface area contributed by atoms with Crippen molar-refractivity contribution in [2.75, 3.05) is 11.9 Å². The SMILES string of the molecule is CN(c1ccccc1)[C@@H]1C(=O)N(C(C)(C)C)[C@@H]1c1ccccc1. The maximum Gasteiger partial charge on any atom is 0.248 e. The van der Waals surface area contributed by atoms with Gasteiger partial charge in [-0.3, -0.25) is 4.79 Å².